The Morgan fingerprint density at radius 3 is 2.67 bits per heavy atom. The van der Waals surface area contributed by atoms with Crippen molar-refractivity contribution in [1.82, 2.24) is 9.88 Å². The average molecular weight is 439 g/mol. The maximum atomic E-state index is 12.9. The second-order valence-corrected chi connectivity index (χ2v) is 8.45. The first-order chi connectivity index (χ1) is 13.1. The fraction of sp³-hybridized carbons (Fsp3) is 0.136. The van der Waals surface area contributed by atoms with Crippen molar-refractivity contribution < 1.29 is 4.79 Å². The molecule has 0 atom stereocenters. The zero-order valence-electron chi connectivity index (χ0n) is 14.9. The number of nitrogens with zero attached hydrogens (tertiary/aromatic N) is 1. The van der Waals surface area contributed by atoms with Crippen LogP contribution >= 0.6 is 27.3 Å². The first-order valence-electron chi connectivity index (χ1n) is 8.75. The molecule has 1 N–H and O–H groups in total. The molecule has 0 radical (unpaired) electrons. The fourth-order valence-electron chi connectivity index (χ4n) is 3.20. The van der Waals surface area contributed by atoms with Crippen molar-refractivity contribution in [3.63, 3.8) is 0 Å². The average Bonchev–Trinajstić information content (AvgIpc) is 3.24. The molecule has 0 spiro atoms. The first-order valence-corrected chi connectivity index (χ1v) is 10.4. The number of rotatable bonds is 5. The van der Waals surface area contributed by atoms with E-state index in [0.717, 1.165) is 25.8 Å². The van der Waals surface area contributed by atoms with Crippen molar-refractivity contribution in [2.24, 2.45) is 0 Å². The molecule has 0 aliphatic carbocycles. The quantitative estimate of drug-likeness (QED) is 0.422. The van der Waals surface area contributed by atoms with Crippen molar-refractivity contribution in [3.05, 3.63) is 92.9 Å². The maximum absolute atomic E-state index is 12.9. The summed E-state index contributed by atoms with van der Waals surface area (Å²) < 4.78 is 4.28. The third-order valence-electron chi connectivity index (χ3n) is 4.54. The molecule has 4 aromatic rings. The van der Waals surface area contributed by atoms with Crippen LogP contribution in [0, 0.1) is 6.92 Å². The number of aromatic nitrogens is 1. The molecule has 0 fully saturated rings. The lowest BCUT2D eigenvalue weighted by molar-refractivity contribution is 0.0942. The highest BCUT2D eigenvalue weighted by Gasteiger charge is 2.16. The second-order valence-electron chi connectivity index (χ2n) is 6.58. The van der Waals surface area contributed by atoms with Crippen LogP contribution in [-0.4, -0.2) is 10.5 Å². The number of carbonyl (C=O) groups excluding carboxylic acids is 1. The molecule has 0 saturated carbocycles. The standard InChI is InChI=1S/C22H19BrN2OS/c1-15-3-2-4-17(11-15)13-24-22(26)20-12-21-19(9-10-27-21)25(20)14-16-5-7-18(23)8-6-16/h2-12H,13-14H2,1H3,(H,24,26). The van der Waals surface area contributed by atoms with Gasteiger partial charge in [-0.15, -0.1) is 11.3 Å². The largest absolute Gasteiger partial charge is 0.347 e. The summed E-state index contributed by atoms with van der Waals surface area (Å²) in [4.78, 5) is 12.9. The number of benzene rings is 2. The second kappa shape index (κ2) is 7.71. The Morgan fingerprint density at radius 1 is 1.07 bits per heavy atom. The summed E-state index contributed by atoms with van der Waals surface area (Å²) in [5.41, 5.74) is 5.27. The van der Waals surface area contributed by atoms with Crippen LogP contribution in [-0.2, 0) is 13.1 Å². The van der Waals surface area contributed by atoms with Gasteiger partial charge in [0, 0.05) is 17.6 Å². The van der Waals surface area contributed by atoms with Crippen molar-refractivity contribution in [2.45, 2.75) is 20.0 Å². The van der Waals surface area contributed by atoms with E-state index in [1.807, 2.05) is 30.3 Å². The third-order valence-corrected chi connectivity index (χ3v) is 5.93. The molecule has 0 aliphatic rings. The molecular weight excluding hydrogens is 420 g/mol. The zero-order chi connectivity index (χ0) is 18.8. The van der Waals surface area contributed by atoms with Crippen LogP contribution in [0.1, 0.15) is 27.2 Å². The summed E-state index contributed by atoms with van der Waals surface area (Å²) in [7, 11) is 0. The van der Waals surface area contributed by atoms with E-state index in [1.54, 1.807) is 11.3 Å². The van der Waals surface area contributed by atoms with Gasteiger partial charge in [-0.25, -0.2) is 0 Å². The maximum Gasteiger partial charge on any atom is 0.268 e. The number of halogens is 1. The molecule has 2 aromatic heterocycles. The fourth-order valence-corrected chi connectivity index (χ4v) is 4.29. The number of carbonyl (C=O) groups is 1. The molecule has 0 saturated heterocycles. The van der Waals surface area contributed by atoms with Crippen molar-refractivity contribution in [3.8, 4) is 0 Å². The minimum Gasteiger partial charge on any atom is -0.347 e. The number of fused-ring (bicyclic) bond motifs is 1. The third kappa shape index (κ3) is 3.99. The lowest BCUT2D eigenvalue weighted by Gasteiger charge is -2.11. The number of amides is 1. The van der Waals surface area contributed by atoms with Crippen molar-refractivity contribution in [2.75, 3.05) is 0 Å². The minimum atomic E-state index is -0.0444. The lowest BCUT2D eigenvalue weighted by atomic mass is 10.1. The predicted molar refractivity (Wildman–Crippen MR) is 115 cm³/mol. The van der Waals surface area contributed by atoms with Gasteiger partial charge >= 0.3 is 0 Å². The van der Waals surface area contributed by atoms with Gasteiger partial charge < -0.3 is 9.88 Å². The van der Waals surface area contributed by atoms with Gasteiger partial charge in [0.15, 0.2) is 0 Å². The van der Waals surface area contributed by atoms with Crippen molar-refractivity contribution >= 4 is 43.4 Å². The minimum absolute atomic E-state index is 0.0444. The zero-order valence-corrected chi connectivity index (χ0v) is 17.3. The lowest BCUT2D eigenvalue weighted by Crippen LogP contribution is -2.25. The van der Waals surface area contributed by atoms with Gasteiger partial charge in [-0.3, -0.25) is 4.79 Å². The summed E-state index contributed by atoms with van der Waals surface area (Å²) in [6.07, 6.45) is 0. The number of thiophene rings is 1. The van der Waals surface area contributed by atoms with E-state index >= 15 is 0 Å². The van der Waals surface area contributed by atoms with Gasteiger partial charge in [0.2, 0.25) is 0 Å². The number of hydrogen-bond acceptors (Lipinski definition) is 2. The molecule has 5 heteroatoms. The molecule has 2 aromatic carbocycles. The van der Waals surface area contributed by atoms with Crippen LogP contribution in [0.3, 0.4) is 0 Å². The van der Waals surface area contributed by atoms with Crippen LogP contribution < -0.4 is 5.32 Å². The SMILES string of the molecule is Cc1cccc(CNC(=O)c2cc3sccc3n2Cc2ccc(Br)cc2)c1. The van der Waals surface area contributed by atoms with E-state index in [9.17, 15) is 4.79 Å². The molecule has 0 unspecified atom stereocenters. The van der Waals surface area contributed by atoms with Gasteiger partial charge in [0.25, 0.3) is 5.91 Å². The summed E-state index contributed by atoms with van der Waals surface area (Å²) in [5.74, 6) is -0.0444. The van der Waals surface area contributed by atoms with E-state index in [-0.39, 0.29) is 5.91 Å². The van der Waals surface area contributed by atoms with E-state index < -0.39 is 0 Å². The van der Waals surface area contributed by atoms with Gasteiger partial charge in [-0.1, -0.05) is 57.9 Å². The molecular formula is C22H19BrN2OS. The predicted octanol–water partition coefficient (Wildman–Crippen LogP) is 5.75. The van der Waals surface area contributed by atoms with Crippen LogP contribution in [0.4, 0.5) is 0 Å². The van der Waals surface area contributed by atoms with Gasteiger partial charge in [-0.2, -0.15) is 0 Å². The van der Waals surface area contributed by atoms with Gasteiger partial charge in [-0.05, 0) is 47.7 Å². The monoisotopic (exact) mass is 438 g/mol. The smallest absolute Gasteiger partial charge is 0.268 e. The van der Waals surface area contributed by atoms with Crippen LogP contribution in [0.2, 0.25) is 0 Å². The Morgan fingerprint density at radius 2 is 1.89 bits per heavy atom. The highest BCUT2D eigenvalue weighted by molar-refractivity contribution is 9.10. The topological polar surface area (TPSA) is 34.0 Å². The summed E-state index contributed by atoms with van der Waals surface area (Å²) in [6.45, 7) is 3.25. The summed E-state index contributed by atoms with van der Waals surface area (Å²) in [5, 5.41) is 5.13. The number of aryl methyl sites for hydroxylation is 1. The molecule has 4 rings (SSSR count). The van der Waals surface area contributed by atoms with Crippen molar-refractivity contribution in [1.29, 1.82) is 0 Å². The summed E-state index contributed by atoms with van der Waals surface area (Å²) in [6, 6.07) is 20.5. The van der Waals surface area contributed by atoms with E-state index in [4.69, 9.17) is 0 Å². The van der Waals surface area contributed by atoms with Gasteiger partial charge in [0.1, 0.15) is 5.69 Å². The van der Waals surface area contributed by atoms with Crippen LogP contribution in [0.15, 0.2) is 70.5 Å². The van der Waals surface area contributed by atoms with E-state index in [0.29, 0.717) is 18.8 Å². The van der Waals surface area contributed by atoms with E-state index in [2.05, 4.69) is 68.4 Å². The molecule has 136 valence electrons. The Labute approximate surface area is 170 Å². The first kappa shape index (κ1) is 18.0. The molecule has 1 amide bonds. The van der Waals surface area contributed by atoms with Gasteiger partial charge in [0.05, 0.1) is 10.2 Å². The number of hydrogen-bond donors (Lipinski definition) is 1. The Kier molecular flexibility index (Phi) is 5.14. The normalized spacial score (nSPS) is 11.0. The Balaban J connectivity index is 1.59. The Hall–Kier alpha value is -2.37. The molecule has 3 nitrogen and oxygen atoms in total. The highest BCUT2D eigenvalue weighted by Crippen LogP contribution is 2.26. The summed E-state index contributed by atoms with van der Waals surface area (Å²) >= 11 is 5.13. The van der Waals surface area contributed by atoms with Crippen LogP contribution in [0.25, 0.3) is 10.2 Å². The molecule has 27 heavy (non-hydrogen) atoms. The molecule has 0 bridgehead atoms. The number of nitrogens with one attached hydrogen (secondary N) is 1. The van der Waals surface area contributed by atoms with Crippen LogP contribution in [0.5, 0.6) is 0 Å². The van der Waals surface area contributed by atoms with E-state index in [1.165, 1.54) is 5.56 Å². The highest BCUT2D eigenvalue weighted by atomic mass is 79.9. The molecule has 2 heterocycles. The molecule has 0 aliphatic heterocycles. The Bertz CT molecular complexity index is 1100.